The van der Waals surface area contributed by atoms with Crippen LogP contribution in [0.4, 0.5) is 5.82 Å². The van der Waals surface area contributed by atoms with Gasteiger partial charge in [0.2, 0.25) is 5.91 Å². The number of benzene rings is 1. The molecule has 0 unspecified atom stereocenters. The van der Waals surface area contributed by atoms with E-state index in [0.29, 0.717) is 18.2 Å². The summed E-state index contributed by atoms with van der Waals surface area (Å²) in [5.41, 5.74) is 4.20. The molecule has 0 radical (unpaired) electrons. The Morgan fingerprint density at radius 2 is 1.93 bits per heavy atom. The van der Waals surface area contributed by atoms with Crippen molar-refractivity contribution < 1.29 is 4.79 Å². The van der Waals surface area contributed by atoms with E-state index in [-0.39, 0.29) is 12.5 Å². The Kier molecular flexibility index (Phi) is 5.56. The monoisotopic (exact) mass is 365 g/mol. The number of para-hydroxylation sites is 1. The van der Waals surface area contributed by atoms with Crippen LogP contribution in [0.25, 0.3) is 5.69 Å². The van der Waals surface area contributed by atoms with Crippen LogP contribution in [0, 0.1) is 20.8 Å². The number of rotatable bonds is 6. The van der Waals surface area contributed by atoms with Crippen LogP contribution in [0.1, 0.15) is 22.5 Å². The topological polar surface area (TPSA) is 88.8 Å². The van der Waals surface area contributed by atoms with Gasteiger partial charge >= 0.3 is 0 Å². The molecule has 1 amide bonds. The van der Waals surface area contributed by atoms with Gasteiger partial charge in [-0.2, -0.15) is 4.68 Å². The van der Waals surface area contributed by atoms with Gasteiger partial charge in [0, 0.05) is 6.20 Å². The van der Waals surface area contributed by atoms with Crippen LogP contribution < -0.4 is 5.32 Å². The molecule has 0 saturated heterocycles. The van der Waals surface area contributed by atoms with Crippen molar-refractivity contribution in [1.29, 1.82) is 0 Å². The molecular formula is C19H23N7O. The standard InChI is InChI=1S/C19H23N7O/c1-13-8-9-20-16(10-13)21-18(27)12-25(4)11-17-22-23-24-26(17)19-14(2)6-5-7-15(19)3/h5-10H,11-12H2,1-4H3,(H,20,21,27). The first-order valence-electron chi connectivity index (χ1n) is 8.69. The van der Waals surface area contributed by atoms with E-state index in [2.05, 4.69) is 25.8 Å². The number of carbonyl (C=O) groups excluding carboxylic acids is 1. The summed E-state index contributed by atoms with van der Waals surface area (Å²) in [5.74, 6) is 1.09. The second-order valence-electron chi connectivity index (χ2n) is 6.69. The fraction of sp³-hybridized carbons (Fsp3) is 0.316. The van der Waals surface area contributed by atoms with Crippen molar-refractivity contribution in [2.75, 3.05) is 18.9 Å². The highest BCUT2D eigenvalue weighted by Crippen LogP contribution is 2.19. The summed E-state index contributed by atoms with van der Waals surface area (Å²) in [6.07, 6.45) is 1.67. The summed E-state index contributed by atoms with van der Waals surface area (Å²) in [7, 11) is 1.85. The minimum atomic E-state index is -0.137. The van der Waals surface area contributed by atoms with Crippen molar-refractivity contribution in [3.63, 3.8) is 0 Å². The molecule has 8 nitrogen and oxygen atoms in total. The van der Waals surface area contributed by atoms with Crippen molar-refractivity contribution in [2.24, 2.45) is 0 Å². The highest BCUT2D eigenvalue weighted by molar-refractivity contribution is 5.91. The number of hydrogen-bond donors (Lipinski definition) is 1. The molecule has 0 aliphatic carbocycles. The molecule has 8 heteroatoms. The first kappa shape index (κ1) is 18.7. The summed E-state index contributed by atoms with van der Waals surface area (Å²) in [5, 5.41) is 14.9. The molecule has 0 spiro atoms. The van der Waals surface area contributed by atoms with Gasteiger partial charge in [0.15, 0.2) is 5.82 Å². The molecule has 0 bridgehead atoms. The normalized spacial score (nSPS) is 11.0. The van der Waals surface area contributed by atoms with E-state index in [1.807, 2.05) is 63.1 Å². The number of nitrogens with one attached hydrogen (secondary N) is 1. The van der Waals surface area contributed by atoms with Gasteiger partial charge in [0.25, 0.3) is 0 Å². The van der Waals surface area contributed by atoms with Crippen molar-refractivity contribution in [2.45, 2.75) is 27.3 Å². The summed E-state index contributed by atoms with van der Waals surface area (Å²) < 4.78 is 1.74. The molecule has 0 aliphatic rings. The smallest absolute Gasteiger partial charge is 0.239 e. The van der Waals surface area contributed by atoms with Crippen molar-refractivity contribution in [3.8, 4) is 5.69 Å². The predicted molar refractivity (Wildman–Crippen MR) is 103 cm³/mol. The number of pyridine rings is 1. The van der Waals surface area contributed by atoms with Crippen LogP contribution in [0.5, 0.6) is 0 Å². The minimum Gasteiger partial charge on any atom is -0.310 e. The van der Waals surface area contributed by atoms with E-state index >= 15 is 0 Å². The fourth-order valence-electron chi connectivity index (χ4n) is 2.95. The van der Waals surface area contributed by atoms with Crippen LogP contribution in [0.2, 0.25) is 0 Å². The fourth-order valence-corrected chi connectivity index (χ4v) is 2.95. The Morgan fingerprint density at radius 3 is 2.63 bits per heavy atom. The lowest BCUT2D eigenvalue weighted by atomic mass is 10.1. The number of likely N-dealkylation sites (N-methyl/N-ethyl adjacent to an activating group) is 1. The summed E-state index contributed by atoms with van der Waals surface area (Å²) in [6, 6.07) is 9.78. The third kappa shape index (κ3) is 4.53. The number of carbonyl (C=O) groups is 1. The second kappa shape index (κ2) is 8.05. The largest absolute Gasteiger partial charge is 0.310 e. The number of amides is 1. The molecule has 27 heavy (non-hydrogen) atoms. The molecule has 1 N–H and O–H groups in total. The summed E-state index contributed by atoms with van der Waals surface area (Å²) in [6.45, 7) is 6.65. The molecule has 0 atom stereocenters. The van der Waals surface area contributed by atoms with Crippen LogP contribution in [0.3, 0.4) is 0 Å². The zero-order chi connectivity index (χ0) is 19.4. The number of aromatic nitrogens is 5. The van der Waals surface area contributed by atoms with E-state index in [0.717, 1.165) is 22.4 Å². The Hall–Kier alpha value is -3.13. The average Bonchev–Trinajstić information content (AvgIpc) is 3.02. The molecule has 2 aromatic heterocycles. The van der Waals surface area contributed by atoms with Gasteiger partial charge in [-0.3, -0.25) is 9.69 Å². The molecule has 0 fully saturated rings. The quantitative estimate of drug-likeness (QED) is 0.719. The first-order valence-corrected chi connectivity index (χ1v) is 8.69. The highest BCUT2D eigenvalue weighted by Gasteiger charge is 2.16. The zero-order valence-corrected chi connectivity index (χ0v) is 16.0. The molecule has 2 heterocycles. The van der Waals surface area contributed by atoms with Gasteiger partial charge in [-0.25, -0.2) is 4.98 Å². The molecule has 0 saturated carbocycles. The summed E-state index contributed by atoms with van der Waals surface area (Å²) in [4.78, 5) is 18.3. The second-order valence-corrected chi connectivity index (χ2v) is 6.69. The summed E-state index contributed by atoms with van der Waals surface area (Å²) >= 11 is 0. The number of tetrazole rings is 1. The Labute approximate surface area is 158 Å². The minimum absolute atomic E-state index is 0.137. The molecule has 3 aromatic rings. The molecule has 140 valence electrons. The number of nitrogens with zero attached hydrogens (tertiary/aromatic N) is 6. The Morgan fingerprint density at radius 1 is 1.19 bits per heavy atom. The third-order valence-electron chi connectivity index (χ3n) is 4.19. The van der Waals surface area contributed by atoms with Gasteiger partial charge in [-0.05, 0) is 67.1 Å². The molecular weight excluding hydrogens is 342 g/mol. The molecule has 0 aliphatic heterocycles. The van der Waals surface area contributed by atoms with Crippen molar-refractivity contribution in [3.05, 3.63) is 59.0 Å². The van der Waals surface area contributed by atoms with E-state index < -0.39 is 0 Å². The third-order valence-corrected chi connectivity index (χ3v) is 4.19. The lowest BCUT2D eigenvalue weighted by Crippen LogP contribution is -2.31. The Bertz CT molecular complexity index is 930. The maximum absolute atomic E-state index is 12.3. The number of anilines is 1. The van der Waals surface area contributed by atoms with Gasteiger partial charge in [0.05, 0.1) is 18.8 Å². The van der Waals surface area contributed by atoms with E-state index in [4.69, 9.17) is 0 Å². The maximum Gasteiger partial charge on any atom is 0.239 e. The SMILES string of the molecule is Cc1ccnc(NC(=O)CN(C)Cc2nnnn2-c2c(C)cccc2C)c1. The Balaban J connectivity index is 1.68. The first-order chi connectivity index (χ1) is 12.9. The lowest BCUT2D eigenvalue weighted by Gasteiger charge is -2.17. The van der Waals surface area contributed by atoms with E-state index in [9.17, 15) is 4.79 Å². The van der Waals surface area contributed by atoms with Gasteiger partial charge in [0.1, 0.15) is 5.82 Å². The number of aryl methyl sites for hydroxylation is 3. The van der Waals surface area contributed by atoms with Gasteiger partial charge in [-0.1, -0.05) is 18.2 Å². The van der Waals surface area contributed by atoms with E-state index in [1.54, 1.807) is 10.9 Å². The average molecular weight is 365 g/mol. The predicted octanol–water partition coefficient (Wildman–Crippen LogP) is 2.05. The van der Waals surface area contributed by atoms with E-state index in [1.165, 1.54) is 0 Å². The molecule has 3 rings (SSSR count). The molecule has 1 aromatic carbocycles. The van der Waals surface area contributed by atoms with Gasteiger partial charge in [-0.15, -0.1) is 5.10 Å². The van der Waals surface area contributed by atoms with Crippen LogP contribution in [-0.4, -0.2) is 49.6 Å². The van der Waals surface area contributed by atoms with Crippen LogP contribution >= 0.6 is 0 Å². The van der Waals surface area contributed by atoms with Gasteiger partial charge < -0.3 is 5.32 Å². The van der Waals surface area contributed by atoms with Crippen molar-refractivity contribution in [1.82, 2.24) is 30.1 Å². The van der Waals surface area contributed by atoms with Crippen LogP contribution in [0.15, 0.2) is 36.5 Å². The maximum atomic E-state index is 12.3. The van der Waals surface area contributed by atoms with Crippen LogP contribution in [-0.2, 0) is 11.3 Å². The van der Waals surface area contributed by atoms with Crippen molar-refractivity contribution >= 4 is 11.7 Å². The zero-order valence-electron chi connectivity index (χ0n) is 16.0. The highest BCUT2D eigenvalue weighted by atomic mass is 16.2. The number of hydrogen-bond acceptors (Lipinski definition) is 6. The lowest BCUT2D eigenvalue weighted by molar-refractivity contribution is -0.117.